The summed E-state index contributed by atoms with van der Waals surface area (Å²) in [5, 5.41) is 21.7. The molecule has 1 aromatic carbocycles. The summed E-state index contributed by atoms with van der Waals surface area (Å²) in [7, 11) is 0. The fourth-order valence-corrected chi connectivity index (χ4v) is 1.45. The molecule has 0 unspecified atom stereocenters. The minimum atomic E-state index is -0.571. The summed E-state index contributed by atoms with van der Waals surface area (Å²) in [5.41, 5.74) is -0.0354. The molecule has 0 fully saturated rings. The minimum absolute atomic E-state index is 0.0354. The topological polar surface area (TPSA) is 82.5 Å². The van der Waals surface area contributed by atoms with Gasteiger partial charge in [-0.25, -0.2) is 4.98 Å². The smallest absolute Gasteiger partial charge is 0.260 e. The summed E-state index contributed by atoms with van der Waals surface area (Å²) >= 11 is 5.66. The number of hydrogen-bond acceptors (Lipinski definition) is 4. The van der Waals surface area contributed by atoms with Gasteiger partial charge in [0, 0.05) is 6.20 Å². The lowest BCUT2D eigenvalue weighted by Gasteiger charge is -2.06. The number of aromatic hydroxyl groups is 2. The van der Waals surface area contributed by atoms with Crippen molar-refractivity contribution in [2.24, 2.45) is 0 Å². The van der Waals surface area contributed by atoms with E-state index in [0.29, 0.717) is 10.8 Å². The molecular formula is C12H9ClN2O3. The maximum atomic E-state index is 11.8. The molecule has 18 heavy (non-hydrogen) atoms. The fourth-order valence-electron chi connectivity index (χ4n) is 1.34. The number of benzene rings is 1. The highest BCUT2D eigenvalue weighted by Crippen LogP contribution is 2.23. The van der Waals surface area contributed by atoms with Gasteiger partial charge in [-0.1, -0.05) is 11.6 Å². The first-order valence-corrected chi connectivity index (χ1v) is 5.39. The molecule has 0 aliphatic heterocycles. The van der Waals surface area contributed by atoms with E-state index in [2.05, 4.69) is 10.3 Å². The standard InChI is InChI=1S/C12H9ClN2O3/c13-7-1-4-11(14-6-7)15-12(18)9-5-8(16)2-3-10(9)17/h1-6,16-17H,(H,14,15,18). The van der Waals surface area contributed by atoms with Crippen molar-refractivity contribution >= 4 is 23.3 Å². The normalized spacial score (nSPS) is 10.1. The third-order valence-corrected chi connectivity index (χ3v) is 2.42. The van der Waals surface area contributed by atoms with Crippen molar-refractivity contribution in [3.05, 3.63) is 47.1 Å². The largest absolute Gasteiger partial charge is 0.508 e. The zero-order valence-electron chi connectivity index (χ0n) is 9.09. The highest BCUT2D eigenvalue weighted by molar-refractivity contribution is 6.30. The predicted molar refractivity (Wildman–Crippen MR) is 67.0 cm³/mol. The average Bonchev–Trinajstić information content (AvgIpc) is 2.35. The van der Waals surface area contributed by atoms with Gasteiger partial charge in [-0.2, -0.15) is 0 Å². The number of nitrogens with one attached hydrogen (secondary N) is 1. The zero-order valence-corrected chi connectivity index (χ0v) is 9.85. The summed E-state index contributed by atoms with van der Waals surface area (Å²) in [6.07, 6.45) is 1.39. The molecule has 0 saturated heterocycles. The van der Waals surface area contributed by atoms with Gasteiger partial charge in [0.1, 0.15) is 17.3 Å². The Hall–Kier alpha value is -2.27. The lowest BCUT2D eigenvalue weighted by molar-refractivity contribution is 0.102. The molecule has 1 amide bonds. The number of nitrogens with zero attached hydrogens (tertiary/aromatic N) is 1. The third-order valence-electron chi connectivity index (χ3n) is 2.19. The Morgan fingerprint density at radius 2 is 2.00 bits per heavy atom. The van der Waals surface area contributed by atoms with Gasteiger partial charge in [0.2, 0.25) is 0 Å². The number of amides is 1. The number of carbonyl (C=O) groups excluding carboxylic acids is 1. The second-order valence-electron chi connectivity index (χ2n) is 3.52. The number of phenols is 2. The Bertz CT molecular complexity index is 584. The number of anilines is 1. The lowest BCUT2D eigenvalue weighted by atomic mass is 10.2. The molecule has 2 aromatic rings. The van der Waals surface area contributed by atoms with E-state index in [4.69, 9.17) is 11.6 Å². The molecule has 0 atom stereocenters. The first kappa shape index (κ1) is 12.2. The van der Waals surface area contributed by atoms with Crippen LogP contribution in [0.25, 0.3) is 0 Å². The first-order chi connectivity index (χ1) is 8.56. The van der Waals surface area contributed by atoms with Gasteiger partial charge >= 0.3 is 0 Å². The Morgan fingerprint density at radius 1 is 1.22 bits per heavy atom. The maximum absolute atomic E-state index is 11.8. The van der Waals surface area contributed by atoms with Crippen LogP contribution < -0.4 is 5.32 Å². The van der Waals surface area contributed by atoms with Gasteiger partial charge in [-0.3, -0.25) is 4.79 Å². The molecule has 0 aliphatic rings. The lowest BCUT2D eigenvalue weighted by Crippen LogP contribution is -2.12. The van der Waals surface area contributed by atoms with Crippen LogP contribution in [-0.4, -0.2) is 21.1 Å². The van der Waals surface area contributed by atoms with Crippen LogP contribution in [0.2, 0.25) is 5.02 Å². The van der Waals surface area contributed by atoms with Crippen LogP contribution in [0.4, 0.5) is 5.82 Å². The van der Waals surface area contributed by atoms with Crippen molar-refractivity contribution < 1.29 is 15.0 Å². The summed E-state index contributed by atoms with van der Waals surface area (Å²) in [5.74, 6) is -0.605. The average molecular weight is 265 g/mol. The van der Waals surface area contributed by atoms with E-state index in [0.717, 1.165) is 0 Å². The maximum Gasteiger partial charge on any atom is 0.260 e. The van der Waals surface area contributed by atoms with Crippen LogP contribution in [0.3, 0.4) is 0 Å². The van der Waals surface area contributed by atoms with Crippen molar-refractivity contribution in [2.75, 3.05) is 5.32 Å². The molecule has 5 nitrogen and oxygen atoms in total. The third kappa shape index (κ3) is 2.70. The molecule has 1 aromatic heterocycles. The van der Waals surface area contributed by atoms with E-state index < -0.39 is 5.91 Å². The molecule has 6 heteroatoms. The number of rotatable bonds is 2. The number of pyridine rings is 1. The van der Waals surface area contributed by atoms with Crippen molar-refractivity contribution in [2.45, 2.75) is 0 Å². The van der Waals surface area contributed by atoms with Gasteiger partial charge in [0.05, 0.1) is 10.6 Å². The van der Waals surface area contributed by atoms with Crippen molar-refractivity contribution in [3.63, 3.8) is 0 Å². The van der Waals surface area contributed by atoms with Crippen LogP contribution in [0.5, 0.6) is 11.5 Å². The molecule has 92 valence electrons. The van der Waals surface area contributed by atoms with Gasteiger partial charge in [0.15, 0.2) is 0 Å². The summed E-state index contributed by atoms with van der Waals surface area (Å²) in [4.78, 5) is 15.7. The zero-order chi connectivity index (χ0) is 13.1. The minimum Gasteiger partial charge on any atom is -0.508 e. The number of aromatic nitrogens is 1. The molecule has 3 N–H and O–H groups in total. The van der Waals surface area contributed by atoms with E-state index in [9.17, 15) is 15.0 Å². The Kier molecular flexibility index (Phi) is 3.34. The highest BCUT2D eigenvalue weighted by atomic mass is 35.5. The molecular weight excluding hydrogens is 256 g/mol. The van der Waals surface area contributed by atoms with E-state index >= 15 is 0 Å². The monoisotopic (exact) mass is 264 g/mol. The van der Waals surface area contributed by atoms with Gasteiger partial charge in [-0.05, 0) is 30.3 Å². The molecule has 2 rings (SSSR count). The van der Waals surface area contributed by atoms with Crippen LogP contribution >= 0.6 is 11.6 Å². The second kappa shape index (κ2) is 4.93. The second-order valence-corrected chi connectivity index (χ2v) is 3.95. The summed E-state index contributed by atoms with van der Waals surface area (Å²) in [6, 6.07) is 6.79. The van der Waals surface area contributed by atoms with Gasteiger partial charge < -0.3 is 15.5 Å². The molecule has 1 heterocycles. The number of carbonyl (C=O) groups is 1. The molecule has 0 spiro atoms. The van der Waals surface area contributed by atoms with Crippen LogP contribution in [0, 0.1) is 0 Å². The summed E-state index contributed by atoms with van der Waals surface area (Å²) in [6.45, 7) is 0. The Balaban J connectivity index is 2.21. The van der Waals surface area contributed by atoms with Crippen molar-refractivity contribution in [1.82, 2.24) is 4.98 Å². The number of phenolic OH excluding ortho intramolecular Hbond substituents is 2. The van der Waals surface area contributed by atoms with E-state index in [1.165, 1.54) is 30.5 Å². The quantitative estimate of drug-likeness (QED) is 0.728. The van der Waals surface area contributed by atoms with Crippen molar-refractivity contribution in [1.29, 1.82) is 0 Å². The highest BCUT2D eigenvalue weighted by Gasteiger charge is 2.12. The van der Waals surface area contributed by atoms with Crippen LogP contribution in [-0.2, 0) is 0 Å². The van der Waals surface area contributed by atoms with Crippen molar-refractivity contribution in [3.8, 4) is 11.5 Å². The number of halogens is 1. The van der Waals surface area contributed by atoms with Gasteiger partial charge in [-0.15, -0.1) is 0 Å². The molecule has 0 radical (unpaired) electrons. The van der Waals surface area contributed by atoms with Gasteiger partial charge in [0.25, 0.3) is 5.91 Å². The first-order valence-electron chi connectivity index (χ1n) is 5.01. The molecule has 0 bridgehead atoms. The van der Waals surface area contributed by atoms with E-state index in [1.807, 2.05) is 0 Å². The SMILES string of the molecule is O=C(Nc1ccc(Cl)cn1)c1cc(O)ccc1O. The van der Waals surface area contributed by atoms with Crippen LogP contribution in [0.1, 0.15) is 10.4 Å². The summed E-state index contributed by atoms with van der Waals surface area (Å²) < 4.78 is 0. The number of hydrogen-bond donors (Lipinski definition) is 3. The predicted octanol–water partition coefficient (Wildman–Crippen LogP) is 2.40. The Morgan fingerprint density at radius 3 is 2.67 bits per heavy atom. The molecule has 0 saturated carbocycles. The fraction of sp³-hybridized carbons (Fsp3) is 0. The van der Waals surface area contributed by atoms with Crippen LogP contribution in [0.15, 0.2) is 36.5 Å². The van der Waals surface area contributed by atoms with E-state index in [1.54, 1.807) is 6.07 Å². The van der Waals surface area contributed by atoms with E-state index in [-0.39, 0.29) is 17.1 Å². The Labute approximate surface area is 108 Å². The molecule has 0 aliphatic carbocycles.